The SMILES string of the molecule is CCCCC1CCC(CN)(C2CC2c2ccccc2)CC1. The summed E-state index contributed by atoms with van der Waals surface area (Å²) in [5, 5.41) is 0. The molecule has 3 rings (SSSR count). The molecule has 0 radical (unpaired) electrons. The number of rotatable bonds is 6. The molecular weight excluding hydrogens is 254 g/mol. The lowest BCUT2D eigenvalue weighted by Crippen LogP contribution is -2.37. The fraction of sp³-hybridized carbons (Fsp3) is 0.700. The highest BCUT2D eigenvalue weighted by atomic mass is 14.7. The third-order valence-corrected chi connectivity index (χ3v) is 6.28. The van der Waals surface area contributed by atoms with Crippen LogP contribution in [0.25, 0.3) is 0 Å². The molecule has 0 amide bonds. The smallest absolute Gasteiger partial charge is 0.00177 e. The van der Waals surface area contributed by atoms with Crippen LogP contribution < -0.4 is 5.73 Å². The van der Waals surface area contributed by atoms with Crippen LogP contribution in [0.2, 0.25) is 0 Å². The van der Waals surface area contributed by atoms with Crippen molar-refractivity contribution < 1.29 is 0 Å². The zero-order valence-corrected chi connectivity index (χ0v) is 13.6. The first-order valence-electron chi connectivity index (χ1n) is 9.04. The molecule has 2 fully saturated rings. The van der Waals surface area contributed by atoms with Crippen molar-refractivity contribution in [1.29, 1.82) is 0 Å². The monoisotopic (exact) mass is 285 g/mol. The highest BCUT2D eigenvalue weighted by molar-refractivity contribution is 5.27. The fourth-order valence-electron chi connectivity index (χ4n) is 4.70. The summed E-state index contributed by atoms with van der Waals surface area (Å²) in [7, 11) is 0. The molecule has 116 valence electrons. The van der Waals surface area contributed by atoms with Crippen molar-refractivity contribution in [2.75, 3.05) is 6.54 Å². The van der Waals surface area contributed by atoms with Gasteiger partial charge in [-0.25, -0.2) is 0 Å². The van der Waals surface area contributed by atoms with Crippen molar-refractivity contribution in [2.24, 2.45) is 23.0 Å². The molecule has 0 spiro atoms. The standard InChI is InChI=1S/C20H31N/c1-2-3-7-16-10-12-20(15-21,13-11-16)19-14-18(19)17-8-5-4-6-9-17/h4-6,8-9,16,18-19H,2-3,7,10-15,21H2,1H3. The van der Waals surface area contributed by atoms with E-state index in [1.54, 1.807) is 5.56 Å². The van der Waals surface area contributed by atoms with E-state index in [1.165, 1.54) is 51.4 Å². The van der Waals surface area contributed by atoms with Crippen molar-refractivity contribution in [3.63, 3.8) is 0 Å². The second-order valence-electron chi connectivity index (χ2n) is 7.51. The lowest BCUT2D eigenvalue weighted by molar-refractivity contribution is 0.121. The van der Waals surface area contributed by atoms with Crippen molar-refractivity contribution in [2.45, 2.75) is 64.2 Å². The third-order valence-electron chi connectivity index (χ3n) is 6.28. The van der Waals surface area contributed by atoms with Gasteiger partial charge in [-0.1, -0.05) is 56.5 Å². The summed E-state index contributed by atoms with van der Waals surface area (Å²) < 4.78 is 0. The molecule has 0 heterocycles. The Labute approximate surface area is 130 Å². The Morgan fingerprint density at radius 1 is 1.14 bits per heavy atom. The van der Waals surface area contributed by atoms with E-state index in [4.69, 9.17) is 5.73 Å². The minimum absolute atomic E-state index is 0.462. The second-order valence-corrected chi connectivity index (χ2v) is 7.51. The third kappa shape index (κ3) is 3.18. The molecule has 2 saturated carbocycles. The molecule has 0 aromatic heterocycles. The highest BCUT2D eigenvalue weighted by Gasteiger charge is 2.52. The summed E-state index contributed by atoms with van der Waals surface area (Å²) in [5.41, 5.74) is 8.27. The van der Waals surface area contributed by atoms with Gasteiger partial charge >= 0.3 is 0 Å². The molecule has 1 aromatic rings. The van der Waals surface area contributed by atoms with Gasteiger partial charge in [0.05, 0.1) is 0 Å². The lowest BCUT2D eigenvalue weighted by Gasteiger charge is -2.40. The predicted octanol–water partition coefficient (Wildman–Crippen LogP) is 5.12. The van der Waals surface area contributed by atoms with Gasteiger partial charge in [0.2, 0.25) is 0 Å². The van der Waals surface area contributed by atoms with Gasteiger partial charge in [0, 0.05) is 0 Å². The molecule has 1 aromatic carbocycles. The van der Waals surface area contributed by atoms with Crippen LogP contribution in [-0.2, 0) is 0 Å². The molecule has 0 saturated heterocycles. The van der Waals surface area contributed by atoms with Gasteiger partial charge in [0.15, 0.2) is 0 Å². The molecule has 1 nitrogen and oxygen atoms in total. The number of unbranched alkanes of at least 4 members (excludes halogenated alkanes) is 1. The molecular formula is C20H31N. The summed E-state index contributed by atoms with van der Waals surface area (Å²) in [4.78, 5) is 0. The first-order valence-corrected chi connectivity index (χ1v) is 9.04. The Morgan fingerprint density at radius 3 is 2.48 bits per heavy atom. The number of benzene rings is 1. The topological polar surface area (TPSA) is 26.0 Å². The Bertz CT molecular complexity index is 430. The zero-order chi connectivity index (χ0) is 14.7. The lowest BCUT2D eigenvalue weighted by atomic mass is 9.66. The maximum absolute atomic E-state index is 6.27. The van der Waals surface area contributed by atoms with Crippen molar-refractivity contribution >= 4 is 0 Å². The van der Waals surface area contributed by atoms with Gasteiger partial charge in [-0.2, -0.15) is 0 Å². The molecule has 21 heavy (non-hydrogen) atoms. The summed E-state index contributed by atoms with van der Waals surface area (Å²) in [6.07, 6.45) is 11.2. The van der Waals surface area contributed by atoms with E-state index < -0.39 is 0 Å². The summed E-state index contributed by atoms with van der Waals surface area (Å²) in [6, 6.07) is 11.1. The second kappa shape index (κ2) is 6.52. The van der Waals surface area contributed by atoms with Gasteiger partial charge in [-0.05, 0) is 67.4 Å². The maximum atomic E-state index is 6.27. The minimum Gasteiger partial charge on any atom is -0.330 e. The highest BCUT2D eigenvalue weighted by Crippen LogP contribution is 2.61. The maximum Gasteiger partial charge on any atom is -0.00177 e. The van der Waals surface area contributed by atoms with Crippen LogP contribution in [0.15, 0.2) is 30.3 Å². The Morgan fingerprint density at radius 2 is 1.86 bits per heavy atom. The van der Waals surface area contributed by atoms with Crippen LogP contribution >= 0.6 is 0 Å². The van der Waals surface area contributed by atoms with E-state index in [0.717, 1.165) is 24.3 Å². The molecule has 2 atom stereocenters. The van der Waals surface area contributed by atoms with Gasteiger partial charge in [-0.15, -0.1) is 0 Å². The number of hydrogen-bond acceptors (Lipinski definition) is 1. The number of hydrogen-bond donors (Lipinski definition) is 1. The van der Waals surface area contributed by atoms with E-state index in [-0.39, 0.29) is 0 Å². The minimum atomic E-state index is 0.462. The van der Waals surface area contributed by atoms with E-state index in [0.29, 0.717) is 5.41 Å². The van der Waals surface area contributed by atoms with Crippen LogP contribution in [0.1, 0.15) is 69.8 Å². The first kappa shape index (κ1) is 15.1. The molecule has 1 heteroatoms. The Kier molecular flexibility index (Phi) is 4.69. The quantitative estimate of drug-likeness (QED) is 0.771. The molecule has 2 N–H and O–H groups in total. The van der Waals surface area contributed by atoms with Gasteiger partial charge in [-0.3, -0.25) is 0 Å². The Balaban J connectivity index is 1.59. The average molecular weight is 285 g/mol. The molecule has 2 aliphatic carbocycles. The molecule has 0 bridgehead atoms. The van der Waals surface area contributed by atoms with E-state index in [9.17, 15) is 0 Å². The Hall–Kier alpha value is -0.820. The van der Waals surface area contributed by atoms with Crippen molar-refractivity contribution in [1.82, 2.24) is 0 Å². The zero-order valence-electron chi connectivity index (χ0n) is 13.6. The fourth-order valence-corrected chi connectivity index (χ4v) is 4.70. The van der Waals surface area contributed by atoms with Crippen LogP contribution in [0.5, 0.6) is 0 Å². The van der Waals surface area contributed by atoms with Gasteiger partial charge in [0.1, 0.15) is 0 Å². The van der Waals surface area contributed by atoms with E-state index >= 15 is 0 Å². The van der Waals surface area contributed by atoms with Crippen molar-refractivity contribution in [3.05, 3.63) is 35.9 Å². The molecule has 2 unspecified atom stereocenters. The summed E-state index contributed by atoms with van der Waals surface area (Å²) in [6.45, 7) is 3.21. The van der Waals surface area contributed by atoms with E-state index in [2.05, 4.69) is 37.3 Å². The normalized spacial score (nSPS) is 35.6. The van der Waals surface area contributed by atoms with Crippen molar-refractivity contribution in [3.8, 4) is 0 Å². The molecule has 0 aliphatic heterocycles. The molecule has 2 aliphatic rings. The van der Waals surface area contributed by atoms with Gasteiger partial charge < -0.3 is 5.73 Å². The summed E-state index contributed by atoms with van der Waals surface area (Å²) >= 11 is 0. The van der Waals surface area contributed by atoms with Crippen LogP contribution in [-0.4, -0.2) is 6.54 Å². The average Bonchev–Trinajstić information content (AvgIpc) is 3.35. The predicted molar refractivity (Wildman–Crippen MR) is 90.3 cm³/mol. The largest absolute Gasteiger partial charge is 0.330 e. The number of nitrogens with two attached hydrogens (primary N) is 1. The van der Waals surface area contributed by atoms with Crippen LogP contribution in [0.4, 0.5) is 0 Å². The van der Waals surface area contributed by atoms with E-state index in [1.807, 2.05) is 0 Å². The summed E-state index contributed by atoms with van der Waals surface area (Å²) in [5.74, 6) is 2.64. The first-order chi connectivity index (χ1) is 10.3. The van der Waals surface area contributed by atoms with Crippen LogP contribution in [0.3, 0.4) is 0 Å². The van der Waals surface area contributed by atoms with Crippen LogP contribution in [0, 0.1) is 17.3 Å². The van der Waals surface area contributed by atoms with Gasteiger partial charge in [0.25, 0.3) is 0 Å².